The molecule has 1 aromatic heterocycles. The van der Waals surface area contributed by atoms with E-state index in [9.17, 15) is 0 Å². The molecule has 0 aliphatic rings. The molecule has 1 heteroatoms. The molecule has 3 rings (SSSR count). The molecule has 0 saturated heterocycles. The molecule has 0 saturated carbocycles. The Morgan fingerprint density at radius 3 is 2.35 bits per heavy atom. The van der Waals surface area contributed by atoms with Crippen molar-refractivity contribution in [2.24, 2.45) is 0 Å². The summed E-state index contributed by atoms with van der Waals surface area (Å²) in [6.45, 7) is 4.31. The fourth-order valence-electron chi connectivity index (χ4n) is 2.52. The van der Waals surface area contributed by atoms with Crippen molar-refractivity contribution >= 4 is 10.9 Å². The molecular formula is C16H15N. The molecule has 0 amide bonds. The standard InChI is InChI=1S/C16H15N/c1-11-7-6-10-14-15(11)16(12(2)17-14)13-8-4-3-5-9-13/h3-10,17H,1-2H3. The Morgan fingerprint density at radius 1 is 0.824 bits per heavy atom. The van der Waals surface area contributed by atoms with Crippen LogP contribution in [0, 0.1) is 13.8 Å². The third kappa shape index (κ3) is 1.55. The SMILES string of the molecule is Cc1[nH]c2cccc(C)c2c1-c1ccccc1. The first-order valence-corrected chi connectivity index (χ1v) is 5.90. The first kappa shape index (κ1) is 10.2. The van der Waals surface area contributed by atoms with Gasteiger partial charge < -0.3 is 4.98 Å². The zero-order valence-corrected chi connectivity index (χ0v) is 10.1. The number of hydrogen-bond acceptors (Lipinski definition) is 0. The number of aryl methyl sites for hydroxylation is 2. The summed E-state index contributed by atoms with van der Waals surface area (Å²) in [5.74, 6) is 0. The lowest BCUT2D eigenvalue weighted by atomic mass is 9.99. The van der Waals surface area contributed by atoms with Crippen LogP contribution in [0.4, 0.5) is 0 Å². The largest absolute Gasteiger partial charge is 0.358 e. The van der Waals surface area contributed by atoms with E-state index in [4.69, 9.17) is 0 Å². The number of aromatic amines is 1. The topological polar surface area (TPSA) is 15.8 Å². The van der Waals surface area contributed by atoms with E-state index in [1.165, 1.54) is 33.3 Å². The lowest BCUT2D eigenvalue weighted by Gasteiger charge is -2.03. The molecule has 0 spiro atoms. The minimum atomic E-state index is 1.22. The summed E-state index contributed by atoms with van der Waals surface area (Å²) in [5.41, 5.74) is 6.40. The Labute approximate surface area is 101 Å². The van der Waals surface area contributed by atoms with Crippen LogP contribution in [0.3, 0.4) is 0 Å². The maximum atomic E-state index is 3.47. The third-order valence-electron chi connectivity index (χ3n) is 3.28. The van der Waals surface area contributed by atoms with Gasteiger partial charge in [0.05, 0.1) is 0 Å². The highest BCUT2D eigenvalue weighted by atomic mass is 14.7. The summed E-state index contributed by atoms with van der Waals surface area (Å²) in [6.07, 6.45) is 0. The van der Waals surface area contributed by atoms with Gasteiger partial charge in [-0.05, 0) is 31.0 Å². The fraction of sp³-hybridized carbons (Fsp3) is 0.125. The van der Waals surface area contributed by atoms with Crippen LogP contribution >= 0.6 is 0 Å². The second-order valence-corrected chi connectivity index (χ2v) is 4.49. The predicted octanol–water partition coefficient (Wildman–Crippen LogP) is 4.45. The molecule has 0 unspecified atom stereocenters. The minimum absolute atomic E-state index is 1.22. The molecule has 1 heterocycles. The molecule has 0 aliphatic heterocycles. The second kappa shape index (κ2) is 3.77. The molecule has 2 aromatic carbocycles. The van der Waals surface area contributed by atoms with Crippen LogP contribution in [0.25, 0.3) is 22.0 Å². The van der Waals surface area contributed by atoms with Gasteiger partial charge in [-0.15, -0.1) is 0 Å². The Hall–Kier alpha value is -2.02. The Morgan fingerprint density at radius 2 is 1.59 bits per heavy atom. The zero-order chi connectivity index (χ0) is 11.8. The van der Waals surface area contributed by atoms with Crippen LogP contribution in [-0.2, 0) is 0 Å². The summed E-state index contributed by atoms with van der Waals surface area (Å²) in [4.78, 5) is 3.47. The van der Waals surface area contributed by atoms with E-state index >= 15 is 0 Å². The highest BCUT2D eigenvalue weighted by molar-refractivity contribution is 5.99. The van der Waals surface area contributed by atoms with Crippen molar-refractivity contribution in [1.82, 2.24) is 4.98 Å². The number of rotatable bonds is 1. The zero-order valence-electron chi connectivity index (χ0n) is 10.1. The van der Waals surface area contributed by atoms with Crippen LogP contribution in [0.15, 0.2) is 48.5 Å². The molecule has 0 atom stereocenters. The van der Waals surface area contributed by atoms with Gasteiger partial charge in [-0.3, -0.25) is 0 Å². The maximum absolute atomic E-state index is 3.47. The number of nitrogens with one attached hydrogen (secondary N) is 1. The van der Waals surface area contributed by atoms with Gasteiger partial charge in [0.25, 0.3) is 0 Å². The first-order valence-electron chi connectivity index (χ1n) is 5.90. The van der Waals surface area contributed by atoms with Crippen LogP contribution in [-0.4, -0.2) is 4.98 Å². The molecule has 0 bridgehead atoms. The quantitative estimate of drug-likeness (QED) is 0.624. The summed E-state index contributed by atoms with van der Waals surface area (Å²) in [7, 11) is 0. The Bertz CT molecular complexity index is 663. The van der Waals surface area contributed by atoms with E-state index in [-0.39, 0.29) is 0 Å². The average Bonchev–Trinajstić information content (AvgIpc) is 2.68. The molecule has 84 valence electrons. The van der Waals surface area contributed by atoms with Gasteiger partial charge in [-0.2, -0.15) is 0 Å². The normalized spacial score (nSPS) is 10.9. The highest BCUT2D eigenvalue weighted by Gasteiger charge is 2.11. The number of hydrogen-bond donors (Lipinski definition) is 1. The van der Waals surface area contributed by atoms with E-state index in [2.05, 4.69) is 67.4 Å². The summed E-state index contributed by atoms with van der Waals surface area (Å²) in [6, 6.07) is 17.0. The summed E-state index contributed by atoms with van der Waals surface area (Å²) >= 11 is 0. The van der Waals surface area contributed by atoms with Gasteiger partial charge in [-0.1, -0.05) is 42.5 Å². The Balaban J connectivity index is 2.40. The number of aromatic nitrogens is 1. The van der Waals surface area contributed by atoms with Crippen LogP contribution < -0.4 is 0 Å². The van der Waals surface area contributed by atoms with Gasteiger partial charge in [0, 0.05) is 22.2 Å². The van der Waals surface area contributed by atoms with Crippen molar-refractivity contribution in [2.75, 3.05) is 0 Å². The molecular weight excluding hydrogens is 206 g/mol. The van der Waals surface area contributed by atoms with E-state index in [0.29, 0.717) is 0 Å². The summed E-state index contributed by atoms with van der Waals surface area (Å²) < 4.78 is 0. The second-order valence-electron chi connectivity index (χ2n) is 4.49. The van der Waals surface area contributed by atoms with Gasteiger partial charge in [0.15, 0.2) is 0 Å². The highest BCUT2D eigenvalue weighted by Crippen LogP contribution is 2.33. The number of fused-ring (bicyclic) bond motifs is 1. The predicted molar refractivity (Wildman–Crippen MR) is 73.2 cm³/mol. The van der Waals surface area contributed by atoms with Gasteiger partial charge in [0.2, 0.25) is 0 Å². The fourth-order valence-corrected chi connectivity index (χ4v) is 2.52. The minimum Gasteiger partial charge on any atom is -0.358 e. The van der Waals surface area contributed by atoms with Gasteiger partial charge >= 0.3 is 0 Å². The molecule has 0 aliphatic carbocycles. The number of H-pyrrole nitrogens is 1. The number of benzene rings is 2. The van der Waals surface area contributed by atoms with E-state index in [0.717, 1.165) is 0 Å². The lowest BCUT2D eigenvalue weighted by Crippen LogP contribution is -1.80. The van der Waals surface area contributed by atoms with Gasteiger partial charge in [0.1, 0.15) is 0 Å². The van der Waals surface area contributed by atoms with Crippen molar-refractivity contribution in [3.63, 3.8) is 0 Å². The van der Waals surface area contributed by atoms with Crippen LogP contribution in [0.5, 0.6) is 0 Å². The molecule has 1 nitrogen and oxygen atoms in total. The lowest BCUT2D eigenvalue weighted by molar-refractivity contribution is 1.30. The van der Waals surface area contributed by atoms with Crippen molar-refractivity contribution in [2.45, 2.75) is 13.8 Å². The molecule has 0 fully saturated rings. The van der Waals surface area contributed by atoms with Gasteiger partial charge in [-0.25, -0.2) is 0 Å². The molecule has 3 aromatic rings. The van der Waals surface area contributed by atoms with Crippen molar-refractivity contribution < 1.29 is 0 Å². The first-order chi connectivity index (χ1) is 8.27. The molecule has 17 heavy (non-hydrogen) atoms. The van der Waals surface area contributed by atoms with Crippen molar-refractivity contribution in [1.29, 1.82) is 0 Å². The van der Waals surface area contributed by atoms with Crippen LogP contribution in [0.2, 0.25) is 0 Å². The van der Waals surface area contributed by atoms with E-state index in [1.807, 2.05) is 0 Å². The van der Waals surface area contributed by atoms with Crippen molar-refractivity contribution in [3.8, 4) is 11.1 Å². The van der Waals surface area contributed by atoms with E-state index in [1.54, 1.807) is 0 Å². The van der Waals surface area contributed by atoms with Crippen LogP contribution in [0.1, 0.15) is 11.3 Å². The molecule has 1 N–H and O–H groups in total. The average molecular weight is 221 g/mol. The maximum Gasteiger partial charge on any atom is 0.0465 e. The molecule has 0 radical (unpaired) electrons. The van der Waals surface area contributed by atoms with E-state index < -0.39 is 0 Å². The Kier molecular flexibility index (Phi) is 2.25. The summed E-state index contributed by atoms with van der Waals surface area (Å²) in [5, 5.41) is 1.34. The third-order valence-corrected chi connectivity index (χ3v) is 3.28. The monoisotopic (exact) mass is 221 g/mol. The van der Waals surface area contributed by atoms with Crippen molar-refractivity contribution in [3.05, 3.63) is 59.8 Å². The smallest absolute Gasteiger partial charge is 0.0465 e.